The third-order valence-electron chi connectivity index (χ3n) is 5.58. The van der Waals surface area contributed by atoms with Crippen LogP contribution in [0.3, 0.4) is 0 Å². The van der Waals surface area contributed by atoms with Crippen LogP contribution in [0.1, 0.15) is 47.2 Å². The highest BCUT2D eigenvalue weighted by Gasteiger charge is 2.48. The molecule has 1 fully saturated rings. The van der Waals surface area contributed by atoms with Crippen LogP contribution in [0.5, 0.6) is 5.75 Å². The molecule has 0 saturated heterocycles. The molecule has 2 aromatic rings. The topological polar surface area (TPSA) is 83.5 Å². The molecule has 2 N–H and O–H groups in total. The van der Waals surface area contributed by atoms with Gasteiger partial charge in [-0.1, -0.05) is 6.07 Å². The number of phenolic OH excluding ortho intramolecular Hbond substituents is 1. The number of halogens is 7. The molecule has 0 aliphatic heterocycles. The molecule has 0 radical (unpaired) electrons. The van der Waals surface area contributed by atoms with E-state index in [1.54, 1.807) is 0 Å². The highest BCUT2D eigenvalue weighted by atomic mass is 32.2. The summed E-state index contributed by atoms with van der Waals surface area (Å²) in [5, 5.41) is 8.87. The van der Waals surface area contributed by atoms with Crippen molar-refractivity contribution in [2.45, 2.75) is 54.0 Å². The number of nitrogens with one attached hydrogen (secondary N) is 1. The Morgan fingerprint density at radius 3 is 2.15 bits per heavy atom. The highest BCUT2D eigenvalue weighted by Crippen LogP contribution is 2.42. The van der Waals surface area contributed by atoms with Gasteiger partial charge in [0.05, 0.1) is 16.0 Å². The Morgan fingerprint density at radius 1 is 0.971 bits per heavy atom. The zero-order valence-corrected chi connectivity index (χ0v) is 18.0. The van der Waals surface area contributed by atoms with E-state index in [9.17, 15) is 44.7 Å². The molecule has 186 valence electrons. The molecule has 1 amide bonds. The molecule has 1 aliphatic rings. The van der Waals surface area contributed by atoms with Gasteiger partial charge in [-0.15, -0.1) is 0 Å². The number of benzene rings is 2. The largest absolute Gasteiger partial charge is 0.507 e. The molecule has 0 aromatic heterocycles. The van der Waals surface area contributed by atoms with Crippen LogP contribution in [-0.2, 0) is 22.2 Å². The fraction of sp³-hybridized carbons (Fsp3) is 0.381. The molecule has 0 atom stereocenters. The summed E-state index contributed by atoms with van der Waals surface area (Å²) in [6.45, 7) is 0. The average molecular weight is 513 g/mol. The summed E-state index contributed by atoms with van der Waals surface area (Å²) in [5.41, 5.74) is -3.08. The summed E-state index contributed by atoms with van der Waals surface area (Å²) in [6.07, 6.45) is -11.4. The van der Waals surface area contributed by atoms with Gasteiger partial charge in [0, 0.05) is 11.6 Å². The van der Waals surface area contributed by atoms with Crippen molar-refractivity contribution in [2.75, 3.05) is 0 Å². The maximum Gasteiger partial charge on any atom is 0.419 e. The Morgan fingerprint density at radius 2 is 1.59 bits per heavy atom. The molecule has 1 saturated carbocycles. The number of sulfone groups is 1. The van der Waals surface area contributed by atoms with Crippen molar-refractivity contribution in [3.8, 4) is 5.75 Å². The number of aromatic hydroxyl groups is 1. The Kier molecular flexibility index (Phi) is 6.64. The van der Waals surface area contributed by atoms with Crippen LogP contribution in [-0.4, -0.2) is 30.5 Å². The van der Waals surface area contributed by atoms with Gasteiger partial charge < -0.3 is 10.4 Å². The number of rotatable bonds is 4. The van der Waals surface area contributed by atoms with Gasteiger partial charge >= 0.3 is 12.4 Å². The average Bonchev–Trinajstić information content (AvgIpc) is 2.74. The second-order valence-corrected chi connectivity index (χ2v) is 10.1. The molecule has 34 heavy (non-hydrogen) atoms. The normalized spacial score (nSPS) is 21.8. The quantitative estimate of drug-likeness (QED) is 0.548. The second kappa shape index (κ2) is 8.75. The van der Waals surface area contributed by atoms with Crippen molar-refractivity contribution in [2.24, 2.45) is 0 Å². The maximum atomic E-state index is 15.4. The Bertz CT molecular complexity index is 1180. The van der Waals surface area contributed by atoms with Crippen molar-refractivity contribution in [3.63, 3.8) is 0 Å². The zero-order chi connectivity index (χ0) is 25.5. The number of hydrogen-bond acceptors (Lipinski definition) is 4. The van der Waals surface area contributed by atoms with Crippen LogP contribution in [0.4, 0.5) is 30.7 Å². The fourth-order valence-corrected chi connectivity index (χ4v) is 5.42. The van der Waals surface area contributed by atoms with E-state index in [-0.39, 0.29) is 12.8 Å². The van der Waals surface area contributed by atoms with Gasteiger partial charge in [-0.3, -0.25) is 4.79 Å². The van der Waals surface area contributed by atoms with Crippen LogP contribution in [0.15, 0.2) is 47.4 Å². The number of amides is 1. The highest BCUT2D eigenvalue weighted by molar-refractivity contribution is 7.92. The lowest BCUT2D eigenvalue weighted by Gasteiger charge is -2.34. The molecular formula is C21H18F7NO4S. The van der Waals surface area contributed by atoms with Crippen molar-refractivity contribution in [3.05, 3.63) is 59.2 Å². The van der Waals surface area contributed by atoms with Crippen molar-refractivity contribution in [1.82, 2.24) is 5.32 Å². The van der Waals surface area contributed by atoms with E-state index < -0.39 is 79.3 Å². The monoisotopic (exact) mass is 513 g/mol. The maximum absolute atomic E-state index is 15.4. The minimum Gasteiger partial charge on any atom is -0.507 e. The third kappa shape index (κ3) is 5.13. The SMILES string of the molecule is O=C(NC1CCC(F)(S(=O)(=O)c2cccc(C(F)(F)F)c2)CC1)c1ccc(O)c(C(F)(F)F)c1. The predicted octanol–water partition coefficient (Wildman–Crippen LogP) is 5.24. The van der Waals surface area contributed by atoms with E-state index in [0.29, 0.717) is 24.3 Å². The Balaban J connectivity index is 1.72. The first-order valence-corrected chi connectivity index (χ1v) is 11.3. The van der Waals surface area contributed by atoms with E-state index in [0.717, 1.165) is 18.2 Å². The van der Waals surface area contributed by atoms with Crippen molar-refractivity contribution < 1.29 is 49.1 Å². The van der Waals surface area contributed by atoms with E-state index >= 15 is 4.39 Å². The van der Waals surface area contributed by atoms with Gasteiger partial charge in [-0.05, 0) is 62.1 Å². The lowest BCUT2D eigenvalue weighted by molar-refractivity contribution is -0.139. The summed E-state index contributed by atoms with van der Waals surface area (Å²) in [6, 6.07) is 4.06. The summed E-state index contributed by atoms with van der Waals surface area (Å²) in [5.74, 6) is -2.01. The molecule has 13 heteroatoms. The van der Waals surface area contributed by atoms with Crippen molar-refractivity contribution in [1.29, 1.82) is 0 Å². The van der Waals surface area contributed by atoms with Gasteiger partial charge in [0.25, 0.3) is 5.91 Å². The van der Waals surface area contributed by atoms with E-state index in [2.05, 4.69) is 5.32 Å². The molecule has 1 aliphatic carbocycles. The molecular weight excluding hydrogens is 495 g/mol. The van der Waals surface area contributed by atoms with E-state index in [1.165, 1.54) is 0 Å². The van der Waals surface area contributed by atoms with Crippen LogP contribution >= 0.6 is 0 Å². The van der Waals surface area contributed by atoms with Gasteiger partial charge in [-0.2, -0.15) is 26.3 Å². The number of hydrogen-bond donors (Lipinski definition) is 2. The molecule has 5 nitrogen and oxygen atoms in total. The molecule has 0 heterocycles. The molecule has 0 unspecified atom stereocenters. The Hall–Kier alpha value is -2.83. The smallest absolute Gasteiger partial charge is 0.419 e. The standard InChI is InChI=1S/C21H18F7NO4S/c22-19(34(32,33)15-3-1-2-13(11-15)20(23,24)25)8-6-14(7-9-19)29-18(31)12-4-5-17(30)16(10-12)21(26,27)28/h1-5,10-11,14,30H,6-9H2,(H,29,31). The predicted molar refractivity (Wildman–Crippen MR) is 105 cm³/mol. The lowest BCUT2D eigenvalue weighted by Crippen LogP contribution is -2.45. The molecule has 3 rings (SSSR count). The second-order valence-electron chi connectivity index (χ2n) is 7.89. The molecule has 0 spiro atoms. The summed E-state index contributed by atoms with van der Waals surface area (Å²) < 4.78 is 118. The first-order chi connectivity index (χ1) is 15.5. The molecule has 2 aromatic carbocycles. The summed E-state index contributed by atoms with van der Waals surface area (Å²) in [4.78, 5) is 11.5. The number of alkyl halides is 7. The number of carbonyl (C=O) groups excluding carboxylic acids is 1. The fourth-order valence-electron chi connectivity index (χ4n) is 3.69. The molecule has 0 bridgehead atoms. The summed E-state index contributed by atoms with van der Waals surface area (Å²) in [7, 11) is -4.81. The van der Waals surface area contributed by atoms with E-state index in [4.69, 9.17) is 0 Å². The van der Waals surface area contributed by atoms with E-state index in [1.807, 2.05) is 0 Å². The Labute approximate surface area is 189 Å². The first-order valence-electron chi connectivity index (χ1n) is 9.86. The number of carbonyl (C=O) groups is 1. The summed E-state index contributed by atoms with van der Waals surface area (Å²) >= 11 is 0. The van der Waals surface area contributed by atoms with Gasteiger partial charge in [-0.25, -0.2) is 12.8 Å². The van der Waals surface area contributed by atoms with Crippen molar-refractivity contribution >= 4 is 15.7 Å². The lowest BCUT2D eigenvalue weighted by atomic mass is 9.93. The van der Waals surface area contributed by atoms with Crippen LogP contribution in [0, 0.1) is 0 Å². The minimum atomic E-state index is -4.91. The van der Waals surface area contributed by atoms with Crippen LogP contribution in [0.2, 0.25) is 0 Å². The van der Waals surface area contributed by atoms with Crippen LogP contribution in [0.25, 0.3) is 0 Å². The number of phenols is 1. The van der Waals surface area contributed by atoms with Crippen LogP contribution < -0.4 is 5.32 Å². The van der Waals surface area contributed by atoms with Gasteiger partial charge in [0.1, 0.15) is 5.75 Å². The zero-order valence-electron chi connectivity index (χ0n) is 17.2. The first kappa shape index (κ1) is 25.8. The minimum absolute atomic E-state index is 0.218. The van der Waals surface area contributed by atoms with Gasteiger partial charge in [0.2, 0.25) is 14.8 Å². The third-order valence-corrected chi connectivity index (χ3v) is 7.83. The van der Waals surface area contributed by atoms with Gasteiger partial charge in [0.15, 0.2) is 0 Å².